The molecule has 94 valence electrons. The molecule has 0 radical (unpaired) electrons. The molecule has 1 heterocycles. The zero-order chi connectivity index (χ0) is 12.2. The monoisotopic (exact) mass is 229 g/mol. The maximum Gasteiger partial charge on any atom is 0.324 e. The van der Waals surface area contributed by atoms with E-state index in [9.17, 15) is 9.90 Å². The number of rotatable bonds is 5. The van der Waals surface area contributed by atoms with Gasteiger partial charge in [-0.3, -0.25) is 9.69 Å². The zero-order valence-electron chi connectivity index (χ0n) is 10.5. The van der Waals surface area contributed by atoms with Crippen molar-refractivity contribution in [2.45, 2.75) is 51.7 Å². The quantitative estimate of drug-likeness (QED) is 0.780. The van der Waals surface area contributed by atoms with E-state index in [2.05, 4.69) is 11.8 Å². The molecule has 1 rings (SSSR count). The Kier molecular flexibility index (Phi) is 4.74. The van der Waals surface area contributed by atoms with E-state index in [1.807, 2.05) is 13.8 Å². The maximum absolute atomic E-state index is 11.5. The molecule has 0 amide bonds. The molecule has 16 heavy (non-hydrogen) atoms. The van der Waals surface area contributed by atoms with Crippen LogP contribution in [-0.4, -0.2) is 47.3 Å². The average molecular weight is 229 g/mol. The number of nitrogens with zero attached hydrogens (tertiary/aromatic N) is 1. The van der Waals surface area contributed by atoms with Crippen molar-refractivity contribution in [3.63, 3.8) is 0 Å². The Morgan fingerprint density at radius 3 is 2.50 bits per heavy atom. The Bertz CT molecular complexity index is 238. The predicted molar refractivity (Wildman–Crippen MR) is 62.6 cm³/mol. The molecular weight excluding hydrogens is 206 g/mol. The highest BCUT2D eigenvalue weighted by Crippen LogP contribution is 2.27. The molecule has 1 saturated heterocycles. The number of morpholine rings is 1. The van der Waals surface area contributed by atoms with Crippen molar-refractivity contribution in [3.8, 4) is 0 Å². The van der Waals surface area contributed by atoms with Crippen LogP contribution in [0.4, 0.5) is 0 Å². The molecule has 0 aromatic rings. The molecule has 0 spiro atoms. The fourth-order valence-corrected chi connectivity index (χ4v) is 2.49. The van der Waals surface area contributed by atoms with E-state index in [-0.39, 0.29) is 6.10 Å². The minimum absolute atomic E-state index is 0.186. The number of hydrogen-bond acceptors (Lipinski definition) is 3. The third-order valence-corrected chi connectivity index (χ3v) is 3.77. The van der Waals surface area contributed by atoms with Crippen LogP contribution in [0.15, 0.2) is 0 Å². The van der Waals surface area contributed by atoms with Crippen LogP contribution < -0.4 is 0 Å². The summed E-state index contributed by atoms with van der Waals surface area (Å²) < 4.78 is 5.59. The summed E-state index contributed by atoms with van der Waals surface area (Å²) in [5.41, 5.74) is -0.697. The highest BCUT2D eigenvalue weighted by atomic mass is 16.5. The molecule has 0 aromatic carbocycles. The van der Waals surface area contributed by atoms with Gasteiger partial charge < -0.3 is 9.84 Å². The summed E-state index contributed by atoms with van der Waals surface area (Å²) in [7, 11) is 0. The van der Waals surface area contributed by atoms with Crippen LogP contribution >= 0.6 is 0 Å². The van der Waals surface area contributed by atoms with E-state index in [0.717, 1.165) is 19.5 Å². The van der Waals surface area contributed by atoms with Gasteiger partial charge >= 0.3 is 5.97 Å². The SMILES string of the molecule is CCC1CN(C(CC)(CC)C(=O)O)CCO1. The zero-order valence-corrected chi connectivity index (χ0v) is 10.5. The summed E-state index contributed by atoms with van der Waals surface area (Å²) in [6, 6.07) is 0. The van der Waals surface area contributed by atoms with Gasteiger partial charge in [-0.1, -0.05) is 20.8 Å². The first-order valence-corrected chi connectivity index (χ1v) is 6.20. The van der Waals surface area contributed by atoms with Crippen LogP contribution in [0.5, 0.6) is 0 Å². The van der Waals surface area contributed by atoms with E-state index < -0.39 is 11.5 Å². The number of hydrogen-bond donors (Lipinski definition) is 1. The van der Waals surface area contributed by atoms with Gasteiger partial charge in [-0.15, -0.1) is 0 Å². The van der Waals surface area contributed by atoms with Gasteiger partial charge in [-0.05, 0) is 19.3 Å². The lowest BCUT2D eigenvalue weighted by Gasteiger charge is -2.44. The first-order valence-electron chi connectivity index (χ1n) is 6.20. The van der Waals surface area contributed by atoms with Crippen molar-refractivity contribution in [1.29, 1.82) is 0 Å². The second-order valence-corrected chi connectivity index (χ2v) is 4.39. The second-order valence-electron chi connectivity index (χ2n) is 4.39. The molecule has 0 saturated carbocycles. The van der Waals surface area contributed by atoms with Crippen molar-refractivity contribution in [1.82, 2.24) is 4.90 Å². The summed E-state index contributed by atoms with van der Waals surface area (Å²) in [6.07, 6.45) is 2.43. The standard InChI is InChI=1S/C12H23NO3/c1-4-10-9-13(7-8-16-10)12(5-2,6-3)11(14)15/h10H,4-9H2,1-3H3,(H,14,15). The van der Waals surface area contributed by atoms with Crippen LogP contribution in [0, 0.1) is 0 Å². The number of aliphatic carboxylic acids is 1. The lowest BCUT2D eigenvalue weighted by atomic mass is 9.89. The van der Waals surface area contributed by atoms with Crippen LogP contribution in [-0.2, 0) is 9.53 Å². The second kappa shape index (κ2) is 5.64. The predicted octanol–water partition coefficient (Wildman–Crippen LogP) is 1.74. The van der Waals surface area contributed by atoms with Gasteiger partial charge in [-0.25, -0.2) is 0 Å². The van der Waals surface area contributed by atoms with Crippen LogP contribution in [0.3, 0.4) is 0 Å². The molecule has 4 nitrogen and oxygen atoms in total. The topological polar surface area (TPSA) is 49.8 Å². The molecule has 1 unspecified atom stereocenters. The van der Waals surface area contributed by atoms with Crippen molar-refractivity contribution in [2.75, 3.05) is 19.7 Å². The van der Waals surface area contributed by atoms with Crippen LogP contribution in [0.25, 0.3) is 0 Å². The number of carbonyl (C=O) groups is 1. The number of carboxylic acid groups (broad SMARTS) is 1. The fraction of sp³-hybridized carbons (Fsp3) is 0.917. The first-order chi connectivity index (χ1) is 7.60. The molecule has 1 atom stereocenters. The van der Waals surface area contributed by atoms with Crippen molar-refractivity contribution >= 4 is 5.97 Å². The van der Waals surface area contributed by atoms with Gasteiger partial charge in [0.1, 0.15) is 5.54 Å². The molecule has 4 heteroatoms. The van der Waals surface area contributed by atoms with Crippen molar-refractivity contribution < 1.29 is 14.6 Å². The largest absolute Gasteiger partial charge is 0.480 e. The minimum Gasteiger partial charge on any atom is -0.480 e. The molecule has 0 bridgehead atoms. The lowest BCUT2D eigenvalue weighted by molar-refractivity contribution is -0.158. The molecule has 0 aliphatic carbocycles. The first kappa shape index (κ1) is 13.5. The Morgan fingerprint density at radius 2 is 2.06 bits per heavy atom. The van der Waals surface area contributed by atoms with Gasteiger partial charge in [0.15, 0.2) is 0 Å². The third kappa shape index (κ3) is 2.38. The van der Waals surface area contributed by atoms with E-state index in [0.29, 0.717) is 19.4 Å². The van der Waals surface area contributed by atoms with Crippen LogP contribution in [0.1, 0.15) is 40.0 Å². The minimum atomic E-state index is -0.700. The summed E-state index contributed by atoms with van der Waals surface area (Å²) in [5.74, 6) is -0.700. The van der Waals surface area contributed by atoms with Crippen LogP contribution in [0.2, 0.25) is 0 Å². The van der Waals surface area contributed by atoms with Gasteiger partial charge in [-0.2, -0.15) is 0 Å². The van der Waals surface area contributed by atoms with Crippen molar-refractivity contribution in [3.05, 3.63) is 0 Å². The summed E-state index contributed by atoms with van der Waals surface area (Å²) in [6.45, 7) is 8.10. The Balaban J connectivity index is 2.81. The molecule has 0 aromatic heterocycles. The highest BCUT2D eigenvalue weighted by molar-refractivity contribution is 5.78. The molecule has 1 aliphatic heterocycles. The maximum atomic E-state index is 11.5. The number of ether oxygens (including phenoxy) is 1. The lowest BCUT2D eigenvalue weighted by Crippen LogP contribution is -2.59. The van der Waals surface area contributed by atoms with Gasteiger partial charge in [0, 0.05) is 13.1 Å². The summed E-state index contributed by atoms with van der Waals surface area (Å²) in [4.78, 5) is 13.6. The Morgan fingerprint density at radius 1 is 1.44 bits per heavy atom. The molecular formula is C12H23NO3. The Hall–Kier alpha value is -0.610. The van der Waals surface area contributed by atoms with E-state index in [1.54, 1.807) is 0 Å². The van der Waals surface area contributed by atoms with E-state index >= 15 is 0 Å². The van der Waals surface area contributed by atoms with E-state index in [1.165, 1.54) is 0 Å². The smallest absolute Gasteiger partial charge is 0.324 e. The van der Waals surface area contributed by atoms with Gasteiger partial charge in [0.05, 0.1) is 12.7 Å². The van der Waals surface area contributed by atoms with Crippen molar-refractivity contribution in [2.24, 2.45) is 0 Å². The third-order valence-electron chi connectivity index (χ3n) is 3.77. The number of carboxylic acids is 1. The Labute approximate surface area is 97.6 Å². The summed E-state index contributed by atoms with van der Waals surface area (Å²) in [5, 5.41) is 9.45. The van der Waals surface area contributed by atoms with Gasteiger partial charge in [0.2, 0.25) is 0 Å². The average Bonchev–Trinajstić information content (AvgIpc) is 2.31. The molecule has 1 aliphatic rings. The summed E-state index contributed by atoms with van der Waals surface area (Å²) >= 11 is 0. The molecule has 1 fully saturated rings. The van der Waals surface area contributed by atoms with E-state index in [4.69, 9.17) is 4.74 Å². The van der Waals surface area contributed by atoms with Gasteiger partial charge in [0.25, 0.3) is 0 Å². The normalized spacial score (nSPS) is 23.3. The molecule has 1 N–H and O–H groups in total. The highest BCUT2D eigenvalue weighted by Gasteiger charge is 2.42. The fourth-order valence-electron chi connectivity index (χ4n) is 2.49.